The summed E-state index contributed by atoms with van der Waals surface area (Å²) < 4.78 is 5.46. The lowest BCUT2D eigenvalue weighted by atomic mass is 9.87. The van der Waals surface area contributed by atoms with Crippen molar-refractivity contribution in [2.75, 3.05) is 13.1 Å². The number of nitrogens with one attached hydrogen (secondary N) is 1. The minimum Gasteiger partial charge on any atom is -0.444 e. The standard InChI is InChI=1S/C17H32N2O2/c1-13(16(5)7-8-16)18-17(6)9-11-19(12-10-17)14(20)21-15(2,3)4/h13,18H,7-12H2,1-6H3. The molecule has 0 aromatic rings. The van der Waals surface area contributed by atoms with Crippen molar-refractivity contribution in [2.45, 2.75) is 84.4 Å². The van der Waals surface area contributed by atoms with Gasteiger partial charge in [0.05, 0.1) is 0 Å². The van der Waals surface area contributed by atoms with Crippen molar-refractivity contribution in [3.8, 4) is 0 Å². The summed E-state index contributed by atoms with van der Waals surface area (Å²) in [7, 11) is 0. The second-order valence-corrected chi connectivity index (χ2v) is 8.55. The predicted molar refractivity (Wildman–Crippen MR) is 85.4 cm³/mol. The fourth-order valence-corrected chi connectivity index (χ4v) is 2.98. The van der Waals surface area contributed by atoms with Crippen LogP contribution in [0.15, 0.2) is 0 Å². The number of nitrogens with zero attached hydrogens (tertiary/aromatic N) is 1. The molecule has 2 fully saturated rings. The Morgan fingerprint density at radius 3 is 2.10 bits per heavy atom. The maximum Gasteiger partial charge on any atom is 0.410 e. The minimum absolute atomic E-state index is 0.142. The van der Waals surface area contributed by atoms with Gasteiger partial charge in [-0.25, -0.2) is 4.79 Å². The average molecular weight is 296 g/mol. The van der Waals surface area contributed by atoms with Crippen LogP contribution in [0.3, 0.4) is 0 Å². The molecule has 2 rings (SSSR count). The highest BCUT2D eigenvalue weighted by Gasteiger charge is 2.45. The molecule has 4 heteroatoms. The van der Waals surface area contributed by atoms with Gasteiger partial charge < -0.3 is 15.0 Å². The highest BCUT2D eigenvalue weighted by atomic mass is 16.6. The van der Waals surface area contributed by atoms with Gasteiger partial charge in [0.1, 0.15) is 5.60 Å². The first-order valence-corrected chi connectivity index (χ1v) is 8.29. The topological polar surface area (TPSA) is 41.6 Å². The molecule has 0 aromatic carbocycles. The van der Waals surface area contributed by atoms with Crippen molar-refractivity contribution in [2.24, 2.45) is 5.41 Å². The third kappa shape index (κ3) is 4.35. The molecule has 1 aliphatic heterocycles. The number of amides is 1. The summed E-state index contributed by atoms with van der Waals surface area (Å²) in [6.45, 7) is 14.3. The minimum atomic E-state index is -0.412. The van der Waals surface area contributed by atoms with Crippen molar-refractivity contribution in [1.29, 1.82) is 0 Å². The van der Waals surface area contributed by atoms with Crippen LogP contribution in [-0.2, 0) is 4.74 Å². The number of rotatable bonds is 3. The summed E-state index contributed by atoms with van der Waals surface area (Å²) >= 11 is 0. The van der Waals surface area contributed by atoms with E-state index in [9.17, 15) is 4.79 Å². The molecular formula is C17H32N2O2. The van der Waals surface area contributed by atoms with Gasteiger partial charge in [-0.2, -0.15) is 0 Å². The molecule has 122 valence electrons. The molecule has 1 atom stereocenters. The monoisotopic (exact) mass is 296 g/mol. The second-order valence-electron chi connectivity index (χ2n) is 8.55. The van der Waals surface area contributed by atoms with Gasteiger partial charge in [0, 0.05) is 24.7 Å². The van der Waals surface area contributed by atoms with E-state index in [1.165, 1.54) is 12.8 Å². The van der Waals surface area contributed by atoms with Crippen molar-refractivity contribution in [3.63, 3.8) is 0 Å². The van der Waals surface area contributed by atoms with Gasteiger partial charge in [0.25, 0.3) is 0 Å². The third-order valence-corrected chi connectivity index (χ3v) is 5.17. The van der Waals surface area contributed by atoms with Gasteiger partial charge in [-0.1, -0.05) is 6.92 Å². The molecule has 1 unspecified atom stereocenters. The molecule has 21 heavy (non-hydrogen) atoms. The number of piperidine rings is 1. The summed E-state index contributed by atoms with van der Waals surface area (Å²) in [5.74, 6) is 0. The Morgan fingerprint density at radius 2 is 1.67 bits per heavy atom. The Kier molecular flexibility index (Phi) is 4.31. The Balaban J connectivity index is 1.83. The van der Waals surface area contributed by atoms with E-state index in [-0.39, 0.29) is 11.6 Å². The van der Waals surface area contributed by atoms with E-state index in [4.69, 9.17) is 4.74 Å². The smallest absolute Gasteiger partial charge is 0.410 e. The van der Waals surface area contributed by atoms with E-state index in [1.807, 2.05) is 25.7 Å². The number of likely N-dealkylation sites (tertiary alicyclic amines) is 1. The zero-order valence-corrected chi connectivity index (χ0v) is 14.6. The third-order valence-electron chi connectivity index (χ3n) is 5.17. The van der Waals surface area contributed by atoms with Crippen LogP contribution in [0.1, 0.15) is 67.2 Å². The van der Waals surface area contributed by atoms with Crippen LogP contribution in [0.4, 0.5) is 4.79 Å². The van der Waals surface area contributed by atoms with E-state index in [0.29, 0.717) is 11.5 Å². The first-order chi connectivity index (χ1) is 9.53. The van der Waals surface area contributed by atoms with Crippen LogP contribution in [0.25, 0.3) is 0 Å². The normalized spacial score (nSPS) is 25.3. The molecule has 1 saturated carbocycles. The van der Waals surface area contributed by atoms with Crippen LogP contribution in [-0.4, -0.2) is 41.3 Å². The predicted octanol–water partition coefficient (Wildman–Crippen LogP) is 3.55. The summed E-state index contributed by atoms with van der Waals surface area (Å²) in [5.41, 5.74) is 0.222. The van der Waals surface area contributed by atoms with E-state index >= 15 is 0 Å². The molecule has 1 heterocycles. The van der Waals surface area contributed by atoms with Crippen molar-refractivity contribution < 1.29 is 9.53 Å². The molecule has 1 aliphatic carbocycles. The van der Waals surface area contributed by atoms with Crippen LogP contribution in [0, 0.1) is 5.41 Å². The first kappa shape index (κ1) is 16.6. The number of hydrogen-bond acceptors (Lipinski definition) is 3. The number of ether oxygens (including phenoxy) is 1. The lowest BCUT2D eigenvalue weighted by Gasteiger charge is -2.43. The van der Waals surface area contributed by atoms with E-state index < -0.39 is 5.60 Å². The van der Waals surface area contributed by atoms with Crippen molar-refractivity contribution >= 4 is 6.09 Å². The molecule has 1 saturated heterocycles. The van der Waals surface area contributed by atoms with Gasteiger partial charge in [0.15, 0.2) is 0 Å². The highest BCUT2D eigenvalue weighted by Crippen LogP contribution is 2.48. The van der Waals surface area contributed by atoms with Gasteiger partial charge >= 0.3 is 6.09 Å². The molecule has 1 N–H and O–H groups in total. The molecular weight excluding hydrogens is 264 g/mol. The fraction of sp³-hybridized carbons (Fsp3) is 0.941. The number of carbonyl (C=O) groups is 1. The van der Waals surface area contributed by atoms with Gasteiger partial charge in [-0.15, -0.1) is 0 Å². The highest BCUT2D eigenvalue weighted by molar-refractivity contribution is 5.68. The van der Waals surface area contributed by atoms with Gasteiger partial charge in [-0.05, 0) is 65.7 Å². The van der Waals surface area contributed by atoms with Crippen LogP contribution in [0.2, 0.25) is 0 Å². The molecule has 0 radical (unpaired) electrons. The maximum absolute atomic E-state index is 12.1. The Labute approximate surface area is 129 Å². The molecule has 2 aliphatic rings. The van der Waals surface area contributed by atoms with E-state index in [0.717, 1.165) is 25.9 Å². The van der Waals surface area contributed by atoms with Crippen molar-refractivity contribution in [1.82, 2.24) is 10.2 Å². The molecule has 0 bridgehead atoms. The van der Waals surface area contributed by atoms with Crippen molar-refractivity contribution in [3.05, 3.63) is 0 Å². The molecule has 4 nitrogen and oxygen atoms in total. The summed E-state index contributed by atoms with van der Waals surface area (Å²) in [6.07, 6.45) is 4.48. The summed E-state index contributed by atoms with van der Waals surface area (Å²) in [4.78, 5) is 13.9. The quantitative estimate of drug-likeness (QED) is 0.866. The molecule has 1 amide bonds. The SMILES string of the molecule is CC(NC1(C)CCN(C(=O)OC(C)(C)C)CC1)C1(C)CC1. The maximum atomic E-state index is 12.1. The Bertz CT molecular complexity index is 388. The van der Waals surface area contributed by atoms with Crippen LogP contribution < -0.4 is 5.32 Å². The van der Waals surface area contributed by atoms with Gasteiger partial charge in [0.2, 0.25) is 0 Å². The lowest BCUT2D eigenvalue weighted by Crippen LogP contribution is -2.56. The average Bonchev–Trinajstić information content (AvgIpc) is 3.07. The zero-order valence-electron chi connectivity index (χ0n) is 14.6. The zero-order chi connectivity index (χ0) is 15.9. The lowest BCUT2D eigenvalue weighted by molar-refractivity contribution is 0.0146. The summed E-state index contributed by atoms with van der Waals surface area (Å²) in [5, 5.41) is 3.83. The Hall–Kier alpha value is -0.770. The number of hydrogen-bond donors (Lipinski definition) is 1. The van der Waals surface area contributed by atoms with E-state index in [2.05, 4.69) is 26.1 Å². The molecule has 0 aromatic heterocycles. The summed E-state index contributed by atoms with van der Waals surface area (Å²) in [6, 6.07) is 0.551. The van der Waals surface area contributed by atoms with Crippen LogP contribution >= 0.6 is 0 Å². The fourth-order valence-electron chi connectivity index (χ4n) is 2.98. The first-order valence-electron chi connectivity index (χ1n) is 8.29. The van der Waals surface area contributed by atoms with E-state index in [1.54, 1.807) is 0 Å². The Morgan fingerprint density at radius 1 is 1.14 bits per heavy atom. The second kappa shape index (κ2) is 5.45. The largest absolute Gasteiger partial charge is 0.444 e. The van der Waals surface area contributed by atoms with Crippen LogP contribution in [0.5, 0.6) is 0 Å². The molecule has 0 spiro atoms. The van der Waals surface area contributed by atoms with Gasteiger partial charge in [-0.3, -0.25) is 0 Å². The number of carbonyl (C=O) groups excluding carboxylic acids is 1.